The fourth-order valence-corrected chi connectivity index (χ4v) is 5.37. The molecule has 4 rings (SSSR count). The van der Waals surface area contributed by atoms with Crippen molar-refractivity contribution < 1.29 is 14.7 Å². The summed E-state index contributed by atoms with van der Waals surface area (Å²) < 4.78 is 1.88. The quantitative estimate of drug-likeness (QED) is 0.661. The number of nitrogens with zero attached hydrogens (tertiary/aromatic N) is 3. The van der Waals surface area contributed by atoms with Gasteiger partial charge in [0.1, 0.15) is 0 Å². The zero-order chi connectivity index (χ0) is 22.0. The lowest BCUT2D eigenvalue weighted by Crippen LogP contribution is -2.37. The molecule has 2 aromatic rings. The van der Waals surface area contributed by atoms with Crippen molar-refractivity contribution in [3.63, 3.8) is 0 Å². The Morgan fingerprint density at radius 3 is 2.65 bits per heavy atom. The molecule has 0 aromatic carbocycles. The van der Waals surface area contributed by atoms with Gasteiger partial charge < -0.3 is 10.4 Å². The summed E-state index contributed by atoms with van der Waals surface area (Å²) in [5.74, 6) is 0.117. The molecule has 2 atom stereocenters. The van der Waals surface area contributed by atoms with Gasteiger partial charge in [-0.3, -0.25) is 9.59 Å². The Bertz CT molecular complexity index is 990. The van der Waals surface area contributed by atoms with Crippen molar-refractivity contribution >= 4 is 11.9 Å². The van der Waals surface area contributed by atoms with Crippen LogP contribution >= 0.6 is 0 Å². The number of amides is 1. The maximum absolute atomic E-state index is 12.7. The lowest BCUT2D eigenvalue weighted by Gasteiger charge is -2.27. The average molecular weight is 423 g/mol. The number of carboxylic acids is 1. The number of rotatable bonds is 7. The van der Waals surface area contributed by atoms with Crippen molar-refractivity contribution in [3.8, 4) is 5.82 Å². The molecule has 1 amide bonds. The van der Waals surface area contributed by atoms with Gasteiger partial charge in [-0.1, -0.05) is 31.1 Å². The SMILES string of the molecule is Cc1nn(-c2ccccn2)c(C)c1C1C=CC(NC(=O)CC2(CC(=O)O)CCCC2)C1. The molecule has 2 N–H and O–H groups in total. The van der Waals surface area contributed by atoms with E-state index >= 15 is 0 Å². The van der Waals surface area contributed by atoms with Crippen molar-refractivity contribution in [2.45, 2.75) is 70.8 Å². The number of aryl methyl sites for hydroxylation is 1. The third kappa shape index (κ3) is 4.55. The van der Waals surface area contributed by atoms with Gasteiger partial charge in [0.15, 0.2) is 5.82 Å². The number of aliphatic carboxylic acids is 1. The van der Waals surface area contributed by atoms with Crippen molar-refractivity contribution in [1.82, 2.24) is 20.1 Å². The van der Waals surface area contributed by atoms with Gasteiger partial charge in [0.25, 0.3) is 0 Å². The molecular weight excluding hydrogens is 392 g/mol. The lowest BCUT2D eigenvalue weighted by molar-refractivity contribution is -0.140. The Morgan fingerprint density at radius 1 is 1.19 bits per heavy atom. The fraction of sp³-hybridized carbons (Fsp3) is 0.500. The first-order valence-corrected chi connectivity index (χ1v) is 11.0. The zero-order valence-corrected chi connectivity index (χ0v) is 18.2. The number of hydrogen-bond donors (Lipinski definition) is 2. The number of carbonyl (C=O) groups is 2. The predicted octanol–water partition coefficient (Wildman–Crippen LogP) is 3.84. The van der Waals surface area contributed by atoms with E-state index < -0.39 is 5.97 Å². The van der Waals surface area contributed by atoms with Gasteiger partial charge in [-0.15, -0.1) is 0 Å². The number of allylic oxidation sites excluding steroid dienone is 1. The second kappa shape index (κ2) is 8.65. The summed E-state index contributed by atoms with van der Waals surface area (Å²) in [5, 5.41) is 17.1. The smallest absolute Gasteiger partial charge is 0.303 e. The standard InChI is InChI=1S/C24H30N4O3/c1-16-23(17(2)28(27-16)20-7-3-6-12-25-20)18-8-9-19(13-18)26-21(29)14-24(15-22(30)31)10-4-5-11-24/h3,6-9,12,18-19H,4-5,10-11,13-15H2,1-2H3,(H,26,29)(H,30,31). The highest BCUT2D eigenvalue weighted by molar-refractivity contribution is 5.78. The Hall–Kier alpha value is -2.96. The van der Waals surface area contributed by atoms with Crippen molar-refractivity contribution in [3.05, 3.63) is 53.5 Å². The first kappa shape index (κ1) is 21.3. The van der Waals surface area contributed by atoms with E-state index in [1.54, 1.807) is 6.20 Å². The molecule has 7 nitrogen and oxygen atoms in total. The molecule has 0 bridgehead atoms. The van der Waals surface area contributed by atoms with Crippen molar-refractivity contribution in [2.24, 2.45) is 5.41 Å². The molecule has 7 heteroatoms. The van der Waals surface area contributed by atoms with E-state index in [-0.39, 0.29) is 29.7 Å². The normalized spacial score (nSPS) is 22.0. The second-order valence-corrected chi connectivity index (χ2v) is 9.04. The van der Waals surface area contributed by atoms with Gasteiger partial charge in [0.2, 0.25) is 5.91 Å². The van der Waals surface area contributed by atoms with E-state index in [9.17, 15) is 14.7 Å². The largest absolute Gasteiger partial charge is 0.481 e. The molecule has 1 saturated carbocycles. The van der Waals surface area contributed by atoms with Crippen LogP contribution in [0.5, 0.6) is 0 Å². The minimum Gasteiger partial charge on any atom is -0.481 e. The third-order valence-electron chi connectivity index (χ3n) is 6.74. The van der Waals surface area contributed by atoms with Gasteiger partial charge in [-0.25, -0.2) is 9.67 Å². The highest BCUT2D eigenvalue weighted by Gasteiger charge is 2.38. The van der Waals surface area contributed by atoms with Crippen LogP contribution in [-0.4, -0.2) is 37.8 Å². The molecular formula is C24H30N4O3. The number of pyridine rings is 1. The molecule has 1 fully saturated rings. The van der Waals surface area contributed by atoms with Crippen LogP contribution < -0.4 is 5.32 Å². The fourth-order valence-electron chi connectivity index (χ4n) is 5.37. The predicted molar refractivity (Wildman–Crippen MR) is 117 cm³/mol. The Balaban J connectivity index is 1.41. The van der Waals surface area contributed by atoms with E-state index in [0.29, 0.717) is 6.42 Å². The molecule has 0 radical (unpaired) electrons. The molecule has 2 unspecified atom stereocenters. The van der Waals surface area contributed by atoms with Crippen LogP contribution in [-0.2, 0) is 9.59 Å². The maximum atomic E-state index is 12.7. The van der Waals surface area contributed by atoms with E-state index in [4.69, 9.17) is 5.10 Å². The molecule has 2 heterocycles. The molecule has 31 heavy (non-hydrogen) atoms. The number of nitrogens with one attached hydrogen (secondary N) is 1. The van der Waals surface area contributed by atoms with Crippen LogP contribution in [0.3, 0.4) is 0 Å². The lowest BCUT2D eigenvalue weighted by atomic mass is 9.79. The first-order chi connectivity index (χ1) is 14.9. The van der Waals surface area contributed by atoms with Crippen LogP contribution in [0.4, 0.5) is 0 Å². The van der Waals surface area contributed by atoms with Gasteiger partial charge in [-0.2, -0.15) is 5.10 Å². The summed E-state index contributed by atoms with van der Waals surface area (Å²) in [4.78, 5) is 28.4. The molecule has 2 aromatic heterocycles. The first-order valence-electron chi connectivity index (χ1n) is 11.0. The van der Waals surface area contributed by atoms with Crippen LogP contribution in [0.15, 0.2) is 36.5 Å². The van der Waals surface area contributed by atoms with Crippen LogP contribution in [0, 0.1) is 19.3 Å². The van der Waals surface area contributed by atoms with E-state index in [2.05, 4.69) is 29.4 Å². The summed E-state index contributed by atoms with van der Waals surface area (Å²) in [5.41, 5.74) is 2.83. The highest BCUT2D eigenvalue weighted by atomic mass is 16.4. The molecule has 0 saturated heterocycles. The summed E-state index contributed by atoms with van der Waals surface area (Å²) in [6, 6.07) is 5.72. The van der Waals surface area contributed by atoms with Crippen LogP contribution in [0.1, 0.15) is 67.8 Å². The van der Waals surface area contributed by atoms with E-state index in [1.165, 1.54) is 5.56 Å². The number of carboxylic acid groups (broad SMARTS) is 1. The second-order valence-electron chi connectivity index (χ2n) is 9.04. The summed E-state index contributed by atoms with van der Waals surface area (Å²) in [6.45, 7) is 4.07. The molecule has 0 aliphatic heterocycles. The summed E-state index contributed by atoms with van der Waals surface area (Å²) in [7, 11) is 0. The van der Waals surface area contributed by atoms with E-state index in [1.807, 2.05) is 29.8 Å². The van der Waals surface area contributed by atoms with Gasteiger partial charge in [0.05, 0.1) is 12.1 Å². The molecule has 0 spiro atoms. The number of aromatic nitrogens is 3. The average Bonchev–Trinajstić information content (AvgIpc) is 3.42. The summed E-state index contributed by atoms with van der Waals surface area (Å²) >= 11 is 0. The third-order valence-corrected chi connectivity index (χ3v) is 6.74. The maximum Gasteiger partial charge on any atom is 0.303 e. The Kier molecular flexibility index (Phi) is 5.94. The minimum atomic E-state index is -0.814. The van der Waals surface area contributed by atoms with Gasteiger partial charge in [0, 0.05) is 35.8 Å². The highest BCUT2D eigenvalue weighted by Crippen LogP contribution is 2.44. The van der Waals surface area contributed by atoms with Crippen molar-refractivity contribution in [1.29, 1.82) is 0 Å². The van der Waals surface area contributed by atoms with E-state index in [0.717, 1.165) is 49.3 Å². The Morgan fingerprint density at radius 2 is 1.97 bits per heavy atom. The molecule has 2 aliphatic carbocycles. The molecule has 2 aliphatic rings. The minimum absolute atomic E-state index is 0.0437. The number of carbonyl (C=O) groups excluding carboxylic acids is 1. The summed E-state index contributed by atoms with van der Waals surface area (Å²) in [6.07, 6.45) is 10.8. The Labute approximate surface area is 182 Å². The molecule has 164 valence electrons. The zero-order valence-electron chi connectivity index (χ0n) is 18.2. The van der Waals surface area contributed by atoms with Crippen LogP contribution in [0.25, 0.3) is 5.82 Å². The topological polar surface area (TPSA) is 97.1 Å². The van der Waals surface area contributed by atoms with Crippen molar-refractivity contribution in [2.75, 3.05) is 0 Å². The number of hydrogen-bond acceptors (Lipinski definition) is 4. The van der Waals surface area contributed by atoms with Gasteiger partial charge in [-0.05, 0) is 50.7 Å². The van der Waals surface area contributed by atoms with Crippen LogP contribution in [0.2, 0.25) is 0 Å². The monoisotopic (exact) mass is 422 g/mol. The van der Waals surface area contributed by atoms with Gasteiger partial charge >= 0.3 is 5.97 Å².